The zero-order chi connectivity index (χ0) is 15.4. The van der Waals surface area contributed by atoms with Gasteiger partial charge in [0.25, 0.3) is 0 Å². The molecule has 0 fully saturated rings. The van der Waals surface area contributed by atoms with Crippen LogP contribution < -0.4 is 10.4 Å². The monoisotopic (exact) mass is 290 g/mol. The van der Waals surface area contributed by atoms with Gasteiger partial charge in [-0.3, -0.25) is 0 Å². The van der Waals surface area contributed by atoms with Crippen LogP contribution in [0.4, 0.5) is 0 Å². The van der Waals surface area contributed by atoms with Crippen molar-refractivity contribution in [1.29, 1.82) is 0 Å². The zero-order valence-electron chi connectivity index (χ0n) is 12.3. The van der Waals surface area contributed by atoms with E-state index in [-0.39, 0.29) is 5.63 Å². The number of ether oxygens (including phenoxy) is 2. The fraction of sp³-hybridized carbons (Fsp3) is 0.375. The number of fused-ring (bicyclic) bond motifs is 1. The zero-order valence-corrected chi connectivity index (χ0v) is 12.3. The lowest BCUT2D eigenvalue weighted by atomic mass is 10.1. The highest BCUT2D eigenvalue weighted by atomic mass is 16.6. The summed E-state index contributed by atoms with van der Waals surface area (Å²) in [7, 11) is 1.30. The highest BCUT2D eigenvalue weighted by Crippen LogP contribution is 2.24. The lowest BCUT2D eigenvalue weighted by molar-refractivity contribution is -0.147. The van der Waals surface area contributed by atoms with Gasteiger partial charge in [-0.25, -0.2) is 9.59 Å². The van der Waals surface area contributed by atoms with Crippen LogP contribution in [0.3, 0.4) is 0 Å². The SMILES string of the molecule is CCCc1cc(=O)oc2cc(O[C@@H](C)C(=O)OC)ccc12. The molecule has 112 valence electrons. The first-order valence-corrected chi connectivity index (χ1v) is 6.86. The molecule has 1 aromatic heterocycles. The number of methoxy groups -OCH3 is 1. The standard InChI is InChI=1S/C16H18O5/c1-4-5-11-8-15(17)21-14-9-12(6-7-13(11)14)20-10(2)16(18)19-3/h6-10H,4-5H2,1-3H3/t10-/m0/s1. The second-order valence-corrected chi connectivity index (χ2v) is 4.78. The number of carbonyl (C=O) groups is 1. The van der Waals surface area contributed by atoms with E-state index in [9.17, 15) is 9.59 Å². The van der Waals surface area contributed by atoms with Gasteiger partial charge in [0, 0.05) is 17.5 Å². The van der Waals surface area contributed by atoms with E-state index in [1.165, 1.54) is 13.2 Å². The van der Waals surface area contributed by atoms with E-state index in [2.05, 4.69) is 11.7 Å². The Morgan fingerprint density at radius 2 is 2.10 bits per heavy atom. The van der Waals surface area contributed by atoms with Gasteiger partial charge in [-0.15, -0.1) is 0 Å². The Kier molecular flexibility index (Phi) is 4.62. The topological polar surface area (TPSA) is 65.7 Å². The van der Waals surface area contributed by atoms with Crippen molar-refractivity contribution in [1.82, 2.24) is 0 Å². The third-order valence-corrected chi connectivity index (χ3v) is 3.17. The minimum atomic E-state index is -0.724. The molecule has 21 heavy (non-hydrogen) atoms. The van der Waals surface area contributed by atoms with Crippen LogP contribution in [0.1, 0.15) is 25.8 Å². The van der Waals surface area contributed by atoms with Gasteiger partial charge in [-0.1, -0.05) is 13.3 Å². The number of rotatable bonds is 5. The van der Waals surface area contributed by atoms with Crippen LogP contribution >= 0.6 is 0 Å². The van der Waals surface area contributed by atoms with E-state index in [1.807, 2.05) is 6.07 Å². The molecule has 0 aliphatic rings. The third kappa shape index (κ3) is 3.42. The molecule has 5 nitrogen and oxygen atoms in total. The second kappa shape index (κ2) is 6.43. The molecule has 0 aliphatic heterocycles. The summed E-state index contributed by atoms with van der Waals surface area (Å²) in [6, 6.07) is 6.72. The molecule has 0 amide bonds. The van der Waals surface area contributed by atoms with Crippen molar-refractivity contribution in [2.24, 2.45) is 0 Å². The summed E-state index contributed by atoms with van der Waals surface area (Å²) in [5.74, 6) is -0.00604. The summed E-state index contributed by atoms with van der Waals surface area (Å²) in [5.41, 5.74) is 1.03. The van der Waals surface area contributed by atoms with Crippen LogP contribution in [-0.2, 0) is 16.0 Å². The van der Waals surface area contributed by atoms with Crippen molar-refractivity contribution in [2.45, 2.75) is 32.8 Å². The van der Waals surface area contributed by atoms with E-state index in [4.69, 9.17) is 9.15 Å². The Bertz CT molecular complexity index is 701. The quantitative estimate of drug-likeness (QED) is 0.625. The van der Waals surface area contributed by atoms with Crippen molar-refractivity contribution in [3.05, 3.63) is 40.2 Å². The van der Waals surface area contributed by atoms with Gasteiger partial charge in [0.15, 0.2) is 6.10 Å². The number of hydrogen-bond acceptors (Lipinski definition) is 5. The Labute approximate surface area is 122 Å². The number of benzene rings is 1. The predicted octanol–water partition coefficient (Wildman–Crippen LogP) is 2.69. The molecule has 0 unspecified atom stereocenters. The van der Waals surface area contributed by atoms with Gasteiger partial charge < -0.3 is 13.9 Å². The Morgan fingerprint density at radius 1 is 1.33 bits per heavy atom. The van der Waals surface area contributed by atoms with Gasteiger partial charge in [0.05, 0.1) is 7.11 Å². The van der Waals surface area contributed by atoms with Gasteiger partial charge >= 0.3 is 11.6 Å². The van der Waals surface area contributed by atoms with E-state index in [0.717, 1.165) is 23.8 Å². The number of esters is 1. The van der Waals surface area contributed by atoms with E-state index < -0.39 is 12.1 Å². The maximum atomic E-state index is 11.6. The van der Waals surface area contributed by atoms with Crippen molar-refractivity contribution in [2.75, 3.05) is 7.11 Å². The number of carbonyl (C=O) groups excluding carboxylic acids is 1. The largest absolute Gasteiger partial charge is 0.479 e. The minimum Gasteiger partial charge on any atom is -0.479 e. The van der Waals surface area contributed by atoms with E-state index in [0.29, 0.717) is 11.3 Å². The maximum absolute atomic E-state index is 11.6. The lowest BCUT2D eigenvalue weighted by Gasteiger charge is -2.13. The molecule has 0 radical (unpaired) electrons. The average Bonchev–Trinajstić information content (AvgIpc) is 2.46. The van der Waals surface area contributed by atoms with Crippen molar-refractivity contribution in [3.63, 3.8) is 0 Å². The minimum absolute atomic E-state index is 0.385. The summed E-state index contributed by atoms with van der Waals surface area (Å²) in [6.45, 7) is 3.65. The number of aryl methyl sites for hydroxylation is 1. The van der Waals surface area contributed by atoms with Gasteiger partial charge in [0.1, 0.15) is 11.3 Å². The summed E-state index contributed by atoms with van der Waals surface area (Å²) < 4.78 is 15.3. The Balaban J connectivity index is 2.38. The normalized spacial score (nSPS) is 12.1. The number of hydrogen-bond donors (Lipinski definition) is 0. The van der Waals surface area contributed by atoms with Crippen LogP contribution in [-0.4, -0.2) is 19.2 Å². The Hall–Kier alpha value is -2.30. The summed E-state index contributed by atoms with van der Waals surface area (Å²) in [4.78, 5) is 22.9. The molecule has 0 saturated carbocycles. The van der Waals surface area contributed by atoms with Gasteiger partial charge in [-0.05, 0) is 31.0 Å². The molecule has 2 aromatic rings. The van der Waals surface area contributed by atoms with E-state index >= 15 is 0 Å². The summed E-state index contributed by atoms with van der Waals surface area (Å²) >= 11 is 0. The molecule has 0 saturated heterocycles. The Morgan fingerprint density at radius 3 is 2.76 bits per heavy atom. The molecular formula is C16H18O5. The van der Waals surface area contributed by atoms with Crippen LogP contribution in [0.2, 0.25) is 0 Å². The predicted molar refractivity (Wildman–Crippen MR) is 78.6 cm³/mol. The average molecular weight is 290 g/mol. The first-order chi connectivity index (χ1) is 10.0. The third-order valence-electron chi connectivity index (χ3n) is 3.17. The van der Waals surface area contributed by atoms with E-state index in [1.54, 1.807) is 19.1 Å². The van der Waals surface area contributed by atoms with Gasteiger partial charge in [0.2, 0.25) is 0 Å². The molecule has 1 aromatic carbocycles. The van der Waals surface area contributed by atoms with Crippen LogP contribution in [0, 0.1) is 0 Å². The molecule has 0 N–H and O–H groups in total. The molecule has 1 heterocycles. The van der Waals surface area contributed by atoms with Gasteiger partial charge in [-0.2, -0.15) is 0 Å². The van der Waals surface area contributed by atoms with Crippen molar-refractivity contribution < 1.29 is 18.7 Å². The van der Waals surface area contributed by atoms with Crippen LogP contribution in [0.25, 0.3) is 11.0 Å². The molecule has 5 heteroatoms. The second-order valence-electron chi connectivity index (χ2n) is 4.78. The smallest absolute Gasteiger partial charge is 0.346 e. The molecule has 1 atom stereocenters. The highest BCUT2D eigenvalue weighted by molar-refractivity contribution is 5.82. The first kappa shape index (κ1) is 15.1. The highest BCUT2D eigenvalue weighted by Gasteiger charge is 2.15. The fourth-order valence-electron chi connectivity index (χ4n) is 2.18. The van der Waals surface area contributed by atoms with Crippen molar-refractivity contribution >= 4 is 16.9 Å². The fourth-order valence-corrected chi connectivity index (χ4v) is 2.18. The van der Waals surface area contributed by atoms with Crippen molar-refractivity contribution in [3.8, 4) is 5.75 Å². The maximum Gasteiger partial charge on any atom is 0.346 e. The summed E-state index contributed by atoms with van der Waals surface area (Å²) in [5, 5.41) is 0.884. The molecule has 2 rings (SSSR count). The lowest BCUT2D eigenvalue weighted by Crippen LogP contribution is -2.24. The summed E-state index contributed by atoms with van der Waals surface area (Å²) in [6.07, 6.45) is 1.02. The molecule has 0 bridgehead atoms. The molecule has 0 aliphatic carbocycles. The van der Waals surface area contributed by atoms with Crippen LogP contribution in [0.15, 0.2) is 33.5 Å². The first-order valence-electron chi connectivity index (χ1n) is 6.86. The molecular weight excluding hydrogens is 272 g/mol. The molecule has 0 spiro atoms. The van der Waals surface area contributed by atoms with Crippen LogP contribution in [0.5, 0.6) is 5.75 Å².